The molecule has 1 unspecified atom stereocenters. The van der Waals surface area contributed by atoms with E-state index in [0.717, 1.165) is 5.01 Å². The summed E-state index contributed by atoms with van der Waals surface area (Å²) in [6.07, 6.45) is 1.71. The lowest BCUT2D eigenvalue weighted by atomic mass is 10.1. The molecule has 0 saturated carbocycles. The van der Waals surface area contributed by atoms with Crippen molar-refractivity contribution in [2.24, 2.45) is 0 Å². The first kappa shape index (κ1) is 12.4. The lowest BCUT2D eigenvalue weighted by molar-refractivity contribution is 0.0940. The molecule has 2 aromatic rings. The van der Waals surface area contributed by atoms with E-state index in [1.54, 1.807) is 24.4 Å². The van der Waals surface area contributed by atoms with Gasteiger partial charge in [0.15, 0.2) is 0 Å². The van der Waals surface area contributed by atoms with Gasteiger partial charge in [-0.25, -0.2) is 4.98 Å². The third-order valence-electron chi connectivity index (χ3n) is 2.41. The minimum Gasteiger partial charge on any atom is -0.399 e. The summed E-state index contributed by atoms with van der Waals surface area (Å²) in [5.74, 6) is -0.211. The van der Waals surface area contributed by atoms with Crippen LogP contribution in [0.15, 0.2) is 29.8 Å². The van der Waals surface area contributed by atoms with E-state index in [1.807, 2.05) is 12.3 Å². The van der Waals surface area contributed by atoms with Crippen LogP contribution < -0.4 is 16.8 Å². The van der Waals surface area contributed by atoms with E-state index in [0.29, 0.717) is 16.9 Å². The molecule has 94 valence electrons. The maximum Gasteiger partial charge on any atom is 0.251 e. The van der Waals surface area contributed by atoms with Crippen LogP contribution in [0.5, 0.6) is 0 Å². The number of hydrogen-bond donors (Lipinski definition) is 3. The lowest BCUT2D eigenvalue weighted by Crippen LogP contribution is -2.26. The zero-order valence-corrected chi connectivity index (χ0v) is 10.7. The molecule has 0 spiro atoms. The second kappa shape index (κ2) is 5.05. The van der Waals surface area contributed by atoms with Gasteiger partial charge < -0.3 is 16.8 Å². The molecule has 0 aliphatic rings. The van der Waals surface area contributed by atoms with Gasteiger partial charge in [0.2, 0.25) is 0 Å². The number of nitrogens with one attached hydrogen (secondary N) is 1. The molecule has 1 heterocycles. The van der Waals surface area contributed by atoms with E-state index in [4.69, 9.17) is 11.5 Å². The maximum absolute atomic E-state index is 12.0. The van der Waals surface area contributed by atoms with Crippen LogP contribution >= 0.6 is 11.3 Å². The number of nitrogens with zero attached hydrogens (tertiary/aromatic N) is 1. The molecule has 0 fully saturated rings. The average molecular weight is 262 g/mol. The van der Waals surface area contributed by atoms with Gasteiger partial charge in [0.1, 0.15) is 5.01 Å². The van der Waals surface area contributed by atoms with Crippen molar-refractivity contribution in [2.45, 2.75) is 13.0 Å². The van der Waals surface area contributed by atoms with Crippen LogP contribution in [0.3, 0.4) is 0 Å². The molecule has 0 bridgehead atoms. The second-order valence-electron chi connectivity index (χ2n) is 3.95. The minimum atomic E-state index is -0.211. The molecule has 1 atom stereocenters. The Morgan fingerprint density at radius 2 is 2.00 bits per heavy atom. The fourth-order valence-electron chi connectivity index (χ4n) is 1.60. The van der Waals surface area contributed by atoms with Gasteiger partial charge in [0.25, 0.3) is 5.91 Å². The highest BCUT2D eigenvalue weighted by Crippen LogP contribution is 2.17. The highest BCUT2D eigenvalue weighted by molar-refractivity contribution is 7.09. The van der Waals surface area contributed by atoms with Crippen LogP contribution in [0, 0.1) is 0 Å². The fourth-order valence-corrected chi connectivity index (χ4v) is 2.24. The molecular formula is C12H14N4OS. The van der Waals surface area contributed by atoms with E-state index in [-0.39, 0.29) is 11.9 Å². The third kappa shape index (κ3) is 2.78. The van der Waals surface area contributed by atoms with Crippen LogP contribution in [0.25, 0.3) is 0 Å². The molecule has 0 radical (unpaired) electrons. The van der Waals surface area contributed by atoms with Gasteiger partial charge >= 0.3 is 0 Å². The Morgan fingerprint density at radius 3 is 2.56 bits per heavy atom. The predicted octanol–water partition coefficient (Wildman–Crippen LogP) is 1.80. The number of anilines is 2. The summed E-state index contributed by atoms with van der Waals surface area (Å²) in [7, 11) is 0. The lowest BCUT2D eigenvalue weighted by Gasteiger charge is -2.12. The zero-order valence-electron chi connectivity index (χ0n) is 9.88. The molecule has 1 aromatic carbocycles. The van der Waals surface area contributed by atoms with Gasteiger partial charge in [-0.05, 0) is 25.1 Å². The summed E-state index contributed by atoms with van der Waals surface area (Å²) in [5, 5.41) is 5.58. The maximum atomic E-state index is 12.0. The summed E-state index contributed by atoms with van der Waals surface area (Å²) >= 11 is 1.50. The Balaban J connectivity index is 2.12. The quantitative estimate of drug-likeness (QED) is 0.735. The van der Waals surface area contributed by atoms with Crippen molar-refractivity contribution in [1.82, 2.24) is 10.3 Å². The molecule has 1 aromatic heterocycles. The van der Waals surface area contributed by atoms with E-state index in [2.05, 4.69) is 10.3 Å². The van der Waals surface area contributed by atoms with Crippen LogP contribution in [0.1, 0.15) is 28.3 Å². The zero-order chi connectivity index (χ0) is 13.1. The van der Waals surface area contributed by atoms with Crippen molar-refractivity contribution in [2.75, 3.05) is 11.5 Å². The number of aromatic nitrogens is 1. The largest absolute Gasteiger partial charge is 0.399 e. The summed E-state index contributed by atoms with van der Waals surface area (Å²) in [5.41, 5.74) is 12.7. The summed E-state index contributed by atoms with van der Waals surface area (Å²) in [6, 6.07) is 4.67. The topological polar surface area (TPSA) is 94.0 Å². The monoisotopic (exact) mass is 262 g/mol. The van der Waals surface area contributed by atoms with Crippen molar-refractivity contribution in [3.8, 4) is 0 Å². The van der Waals surface area contributed by atoms with E-state index in [9.17, 15) is 4.79 Å². The standard InChI is InChI=1S/C12H14N4OS/c1-7(12-15-2-3-18-12)16-11(17)8-4-9(13)6-10(14)5-8/h2-7H,13-14H2,1H3,(H,16,17). The molecule has 0 aliphatic heterocycles. The van der Waals surface area contributed by atoms with Gasteiger partial charge in [0, 0.05) is 28.5 Å². The SMILES string of the molecule is CC(NC(=O)c1cc(N)cc(N)c1)c1nccs1. The molecule has 5 nitrogen and oxygen atoms in total. The number of carbonyl (C=O) groups is 1. The number of nitrogens with two attached hydrogens (primary N) is 2. The van der Waals surface area contributed by atoms with Gasteiger partial charge in [-0.15, -0.1) is 11.3 Å². The molecule has 0 aliphatic carbocycles. The van der Waals surface area contributed by atoms with Crippen molar-refractivity contribution < 1.29 is 4.79 Å². The van der Waals surface area contributed by atoms with Crippen molar-refractivity contribution in [3.63, 3.8) is 0 Å². The van der Waals surface area contributed by atoms with Gasteiger partial charge in [-0.2, -0.15) is 0 Å². The number of benzene rings is 1. The number of nitrogen functional groups attached to an aromatic ring is 2. The molecule has 0 saturated heterocycles. The molecule has 1 amide bonds. The normalized spacial score (nSPS) is 12.1. The Hall–Kier alpha value is -2.08. The Labute approximate surface area is 109 Å². The van der Waals surface area contributed by atoms with Gasteiger partial charge in [0.05, 0.1) is 6.04 Å². The van der Waals surface area contributed by atoms with Crippen molar-refractivity contribution >= 4 is 28.6 Å². The number of amides is 1. The first-order valence-corrected chi connectivity index (χ1v) is 6.30. The highest BCUT2D eigenvalue weighted by Gasteiger charge is 2.13. The Kier molecular flexibility index (Phi) is 3.47. The fraction of sp³-hybridized carbons (Fsp3) is 0.167. The number of hydrogen-bond acceptors (Lipinski definition) is 5. The van der Waals surface area contributed by atoms with Crippen LogP contribution in [-0.2, 0) is 0 Å². The third-order valence-corrected chi connectivity index (χ3v) is 3.37. The van der Waals surface area contributed by atoms with E-state index < -0.39 is 0 Å². The minimum absolute atomic E-state index is 0.139. The molecule has 5 N–H and O–H groups in total. The molecular weight excluding hydrogens is 248 g/mol. The first-order valence-electron chi connectivity index (χ1n) is 5.42. The van der Waals surface area contributed by atoms with Gasteiger partial charge in [-0.3, -0.25) is 4.79 Å². The van der Waals surface area contributed by atoms with Crippen molar-refractivity contribution in [3.05, 3.63) is 40.3 Å². The van der Waals surface area contributed by atoms with Crippen LogP contribution in [0.2, 0.25) is 0 Å². The second-order valence-corrected chi connectivity index (χ2v) is 4.88. The van der Waals surface area contributed by atoms with E-state index >= 15 is 0 Å². The Morgan fingerprint density at radius 1 is 1.33 bits per heavy atom. The van der Waals surface area contributed by atoms with Gasteiger partial charge in [-0.1, -0.05) is 0 Å². The molecule has 18 heavy (non-hydrogen) atoms. The number of thiazole rings is 1. The van der Waals surface area contributed by atoms with Crippen molar-refractivity contribution in [1.29, 1.82) is 0 Å². The number of carbonyl (C=O) groups excluding carboxylic acids is 1. The van der Waals surface area contributed by atoms with Crippen LogP contribution in [0.4, 0.5) is 11.4 Å². The molecule has 6 heteroatoms. The summed E-state index contributed by atoms with van der Waals surface area (Å²) < 4.78 is 0. The smallest absolute Gasteiger partial charge is 0.251 e. The predicted molar refractivity (Wildman–Crippen MR) is 73.3 cm³/mol. The molecule has 2 rings (SSSR count). The Bertz CT molecular complexity index is 533. The first-order chi connectivity index (χ1) is 8.56. The summed E-state index contributed by atoms with van der Waals surface area (Å²) in [4.78, 5) is 16.2. The number of rotatable bonds is 3. The average Bonchev–Trinajstić information content (AvgIpc) is 2.80. The van der Waals surface area contributed by atoms with Crippen LogP contribution in [-0.4, -0.2) is 10.9 Å². The highest BCUT2D eigenvalue weighted by atomic mass is 32.1. The van der Waals surface area contributed by atoms with E-state index in [1.165, 1.54) is 11.3 Å². The summed E-state index contributed by atoms with van der Waals surface area (Å²) in [6.45, 7) is 1.88.